The van der Waals surface area contributed by atoms with Gasteiger partial charge in [0.15, 0.2) is 0 Å². The minimum Gasteiger partial charge on any atom is -0.492 e. The Morgan fingerprint density at radius 1 is 1.09 bits per heavy atom. The van der Waals surface area contributed by atoms with Crippen molar-refractivity contribution in [2.75, 3.05) is 29.9 Å². The fraction of sp³-hybridized carbons (Fsp3) is 0.321. The van der Waals surface area contributed by atoms with Crippen molar-refractivity contribution in [3.8, 4) is 5.75 Å². The number of anilines is 2. The standard InChI is InChI=1S/C28H31FN2O2/c1-21-11-12-23(20-30-24-14-13-22(7-6-17-32)27(29)19-24)26-10-5-15-31(28(21)26)16-18-33-25-8-3-2-4-9-25/h2-4,8-9,11-14,17,19,30H,5-7,10,15-16,18,20H2,1H3. The van der Waals surface area contributed by atoms with Crippen molar-refractivity contribution in [2.45, 2.75) is 39.2 Å². The normalized spacial score (nSPS) is 12.8. The smallest absolute Gasteiger partial charge is 0.128 e. The SMILES string of the molecule is Cc1ccc(CNc2ccc(CCC=O)c(F)c2)c2c1N(CCOc1ccccc1)CCC2. The number of carbonyl (C=O) groups excluding carboxylic acids is 1. The van der Waals surface area contributed by atoms with E-state index < -0.39 is 0 Å². The first-order valence-electron chi connectivity index (χ1n) is 11.7. The van der Waals surface area contributed by atoms with Crippen molar-refractivity contribution in [2.24, 2.45) is 0 Å². The molecule has 0 unspecified atom stereocenters. The first-order valence-corrected chi connectivity index (χ1v) is 11.7. The van der Waals surface area contributed by atoms with Crippen LogP contribution in [0.4, 0.5) is 15.8 Å². The number of rotatable bonds is 10. The molecule has 0 amide bonds. The molecule has 1 N–H and O–H groups in total. The number of aldehydes is 1. The van der Waals surface area contributed by atoms with Crippen LogP contribution in [0.3, 0.4) is 0 Å². The molecule has 3 aromatic carbocycles. The molecule has 0 aliphatic carbocycles. The second-order valence-electron chi connectivity index (χ2n) is 8.49. The van der Waals surface area contributed by atoms with Crippen LogP contribution < -0.4 is 15.0 Å². The van der Waals surface area contributed by atoms with E-state index in [1.54, 1.807) is 6.07 Å². The Hall–Kier alpha value is -3.34. The van der Waals surface area contributed by atoms with Crippen LogP contribution in [0, 0.1) is 12.7 Å². The van der Waals surface area contributed by atoms with Crippen LogP contribution in [-0.4, -0.2) is 26.0 Å². The van der Waals surface area contributed by atoms with Crippen LogP contribution in [0.1, 0.15) is 35.1 Å². The predicted molar refractivity (Wildman–Crippen MR) is 132 cm³/mol. The number of para-hydroxylation sites is 1. The highest BCUT2D eigenvalue weighted by Crippen LogP contribution is 2.33. The summed E-state index contributed by atoms with van der Waals surface area (Å²) in [6, 6.07) is 19.5. The Labute approximate surface area is 195 Å². The Morgan fingerprint density at radius 2 is 1.91 bits per heavy atom. The molecule has 4 nitrogen and oxygen atoms in total. The lowest BCUT2D eigenvalue weighted by atomic mass is 9.93. The third kappa shape index (κ3) is 5.72. The van der Waals surface area contributed by atoms with Crippen LogP contribution in [0.25, 0.3) is 0 Å². The van der Waals surface area contributed by atoms with E-state index in [4.69, 9.17) is 4.74 Å². The Bertz CT molecular complexity index is 1080. The maximum Gasteiger partial charge on any atom is 0.128 e. The number of hydrogen-bond acceptors (Lipinski definition) is 4. The summed E-state index contributed by atoms with van der Waals surface area (Å²) in [5.74, 6) is 0.631. The van der Waals surface area contributed by atoms with Gasteiger partial charge in [0, 0.05) is 30.9 Å². The zero-order valence-electron chi connectivity index (χ0n) is 19.1. The van der Waals surface area contributed by atoms with E-state index in [0.29, 0.717) is 31.6 Å². The fourth-order valence-electron chi connectivity index (χ4n) is 4.52. The molecule has 0 aromatic heterocycles. The van der Waals surface area contributed by atoms with E-state index in [9.17, 15) is 9.18 Å². The number of hydrogen-bond donors (Lipinski definition) is 1. The molecule has 0 spiro atoms. The van der Waals surface area contributed by atoms with Gasteiger partial charge in [-0.15, -0.1) is 0 Å². The van der Waals surface area contributed by atoms with E-state index in [1.165, 1.54) is 28.4 Å². The summed E-state index contributed by atoms with van der Waals surface area (Å²) in [6.07, 6.45) is 3.75. The first-order chi connectivity index (χ1) is 16.2. The number of fused-ring (bicyclic) bond motifs is 1. The highest BCUT2D eigenvalue weighted by Gasteiger charge is 2.21. The average Bonchev–Trinajstić information content (AvgIpc) is 2.84. The molecule has 0 fully saturated rings. The van der Waals surface area contributed by atoms with Gasteiger partial charge >= 0.3 is 0 Å². The van der Waals surface area contributed by atoms with E-state index in [-0.39, 0.29) is 5.82 Å². The minimum absolute atomic E-state index is 0.266. The topological polar surface area (TPSA) is 41.6 Å². The van der Waals surface area contributed by atoms with Crippen LogP contribution in [0.15, 0.2) is 60.7 Å². The molecule has 0 saturated heterocycles. The molecule has 172 valence electrons. The Balaban J connectivity index is 1.43. The van der Waals surface area contributed by atoms with Gasteiger partial charge in [0.2, 0.25) is 0 Å². The molecule has 0 radical (unpaired) electrons. The molecular formula is C28H31FN2O2. The van der Waals surface area contributed by atoms with Crippen LogP contribution in [-0.2, 0) is 24.2 Å². The lowest BCUT2D eigenvalue weighted by Crippen LogP contribution is -2.34. The predicted octanol–water partition coefficient (Wildman–Crippen LogP) is 5.71. The molecule has 0 atom stereocenters. The summed E-state index contributed by atoms with van der Waals surface area (Å²) in [4.78, 5) is 13.0. The number of nitrogens with zero attached hydrogens (tertiary/aromatic N) is 1. The van der Waals surface area contributed by atoms with Gasteiger partial charge in [0.05, 0.1) is 6.54 Å². The van der Waals surface area contributed by atoms with Crippen molar-refractivity contribution in [1.29, 1.82) is 0 Å². The van der Waals surface area contributed by atoms with Gasteiger partial charge in [-0.25, -0.2) is 4.39 Å². The van der Waals surface area contributed by atoms with E-state index in [2.05, 4.69) is 29.3 Å². The highest BCUT2D eigenvalue weighted by molar-refractivity contribution is 5.64. The van der Waals surface area contributed by atoms with Crippen LogP contribution in [0.5, 0.6) is 5.75 Å². The van der Waals surface area contributed by atoms with Crippen molar-refractivity contribution >= 4 is 17.7 Å². The summed E-state index contributed by atoms with van der Waals surface area (Å²) in [7, 11) is 0. The van der Waals surface area contributed by atoms with Gasteiger partial charge in [-0.2, -0.15) is 0 Å². The largest absolute Gasteiger partial charge is 0.492 e. The summed E-state index contributed by atoms with van der Waals surface area (Å²) < 4.78 is 20.3. The molecule has 0 bridgehead atoms. The zero-order valence-corrected chi connectivity index (χ0v) is 19.1. The maximum atomic E-state index is 14.3. The van der Waals surface area contributed by atoms with Crippen molar-refractivity contribution < 1.29 is 13.9 Å². The Morgan fingerprint density at radius 3 is 2.70 bits per heavy atom. The maximum absolute atomic E-state index is 14.3. The van der Waals surface area contributed by atoms with Gasteiger partial charge in [0.1, 0.15) is 24.5 Å². The number of ether oxygens (including phenoxy) is 1. The second kappa shape index (κ2) is 11.0. The van der Waals surface area contributed by atoms with Gasteiger partial charge in [-0.3, -0.25) is 0 Å². The molecule has 0 saturated carbocycles. The fourth-order valence-corrected chi connectivity index (χ4v) is 4.52. The van der Waals surface area contributed by atoms with Crippen molar-refractivity contribution in [1.82, 2.24) is 0 Å². The van der Waals surface area contributed by atoms with E-state index in [1.807, 2.05) is 36.4 Å². The van der Waals surface area contributed by atoms with E-state index in [0.717, 1.165) is 43.7 Å². The lowest BCUT2D eigenvalue weighted by molar-refractivity contribution is -0.107. The average molecular weight is 447 g/mol. The second-order valence-corrected chi connectivity index (χ2v) is 8.49. The number of benzene rings is 3. The Kier molecular flexibility index (Phi) is 7.61. The summed E-state index contributed by atoms with van der Waals surface area (Å²) in [5.41, 5.74) is 6.53. The summed E-state index contributed by atoms with van der Waals surface area (Å²) >= 11 is 0. The molecule has 1 aliphatic heterocycles. The van der Waals surface area contributed by atoms with Gasteiger partial charge in [-0.1, -0.05) is 36.4 Å². The summed E-state index contributed by atoms with van der Waals surface area (Å²) in [5, 5.41) is 3.38. The van der Waals surface area contributed by atoms with Crippen molar-refractivity contribution in [3.63, 3.8) is 0 Å². The molecule has 1 aliphatic rings. The van der Waals surface area contributed by atoms with Crippen LogP contribution >= 0.6 is 0 Å². The molecular weight excluding hydrogens is 415 g/mol. The third-order valence-electron chi connectivity index (χ3n) is 6.19. The van der Waals surface area contributed by atoms with Gasteiger partial charge < -0.3 is 19.7 Å². The van der Waals surface area contributed by atoms with Gasteiger partial charge in [0.25, 0.3) is 0 Å². The number of nitrogens with one attached hydrogen (secondary N) is 1. The molecule has 3 aromatic rings. The lowest BCUT2D eigenvalue weighted by Gasteiger charge is -2.34. The number of carbonyl (C=O) groups is 1. The molecule has 33 heavy (non-hydrogen) atoms. The quantitative estimate of drug-likeness (QED) is 0.405. The number of aryl methyl sites for hydroxylation is 2. The molecule has 1 heterocycles. The monoisotopic (exact) mass is 446 g/mol. The van der Waals surface area contributed by atoms with Crippen molar-refractivity contribution in [3.05, 3.63) is 88.7 Å². The highest BCUT2D eigenvalue weighted by atomic mass is 19.1. The third-order valence-corrected chi connectivity index (χ3v) is 6.19. The zero-order chi connectivity index (χ0) is 23.0. The first kappa shape index (κ1) is 22.8. The summed E-state index contributed by atoms with van der Waals surface area (Å²) in [6.45, 7) is 5.31. The van der Waals surface area contributed by atoms with Crippen LogP contribution in [0.2, 0.25) is 0 Å². The number of halogens is 1. The molecule has 5 heteroatoms. The van der Waals surface area contributed by atoms with E-state index >= 15 is 0 Å². The minimum atomic E-state index is -0.266. The molecule has 4 rings (SSSR count). The van der Waals surface area contributed by atoms with Gasteiger partial charge in [-0.05, 0) is 72.7 Å².